The highest BCUT2D eigenvalue weighted by Gasteiger charge is 2.15. The number of hydrogen-bond acceptors (Lipinski definition) is 2. The van der Waals surface area contributed by atoms with Crippen molar-refractivity contribution in [1.29, 1.82) is 0 Å². The molecular weight excluding hydrogens is 336 g/mol. The Morgan fingerprint density at radius 2 is 1.90 bits per heavy atom. The summed E-state index contributed by atoms with van der Waals surface area (Å²) in [5, 5.41) is 0.749. The first-order valence-electron chi connectivity index (χ1n) is 6.50. The second-order valence-corrected chi connectivity index (χ2v) is 6.20. The van der Waals surface area contributed by atoms with E-state index in [-0.39, 0.29) is 6.04 Å². The summed E-state index contributed by atoms with van der Waals surface area (Å²) in [4.78, 5) is 2.25. The third-order valence-corrected chi connectivity index (χ3v) is 4.08. The molecule has 4 heteroatoms. The van der Waals surface area contributed by atoms with Crippen molar-refractivity contribution in [3.05, 3.63) is 69.2 Å². The minimum Gasteiger partial charge on any atom is -0.329 e. The summed E-state index contributed by atoms with van der Waals surface area (Å²) in [5.41, 5.74) is 8.39. The van der Waals surface area contributed by atoms with Crippen LogP contribution < -0.4 is 5.73 Å². The molecule has 0 saturated carbocycles. The lowest BCUT2D eigenvalue weighted by molar-refractivity contribution is 0.242. The van der Waals surface area contributed by atoms with E-state index in [1.807, 2.05) is 36.4 Å². The van der Waals surface area contributed by atoms with Crippen LogP contribution in [-0.4, -0.2) is 18.5 Å². The molecule has 0 radical (unpaired) electrons. The maximum Gasteiger partial charge on any atom is 0.0470 e. The summed E-state index contributed by atoms with van der Waals surface area (Å²) in [6, 6.07) is 16.4. The zero-order valence-corrected chi connectivity index (χ0v) is 13.7. The van der Waals surface area contributed by atoms with E-state index in [9.17, 15) is 0 Å². The molecule has 0 aliphatic carbocycles. The molecule has 0 fully saturated rings. The van der Waals surface area contributed by atoms with Crippen LogP contribution in [0.15, 0.2) is 53.0 Å². The normalized spacial score (nSPS) is 12.7. The average Bonchev–Trinajstić information content (AvgIpc) is 2.42. The maximum absolute atomic E-state index is 5.94. The summed E-state index contributed by atoms with van der Waals surface area (Å²) < 4.78 is 1.10. The van der Waals surface area contributed by atoms with Crippen LogP contribution in [0.4, 0.5) is 0 Å². The SMILES string of the molecule is CN(Cc1cccc(Br)c1)C(CN)c1ccc(Cl)cc1. The smallest absolute Gasteiger partial charge is 0.0470 e. The summed E-state index contributed by atoms with van der Waals surface area (Å²) in [6.07, 6.45) is 0. The molecule has 106 valence electrons. The maximum atomic E-state index is 5.94. The predicted octanol–water partition coefficient (Wildman–Crippen LogP) is 4.23. The Labute approximate surface area is 133 Å². The minimum absolute atomic E-state index is 0.186. The molecule has 20 heavy (non-hydrogen) atoms. The van der Waals surface area contributed by atoms with Crippen molar-refractivity contribution < 1.29 is 0 Å². The molecule has 0 amide bonds. The van der Waals surface area contributed by atoms with Crippen molar-refractivity contribution >= 4 is 27.5 Å². The first-order chi connectivity index (χ1) is 9.60. The van der Waals surface area contributed by atoms with Crippen molar-refractivity contribution in [3.63, 3.8) is 0 Å². The number of nitrogens with two attached hydrogens (primary N) is 1. The van der Waals surface area contributed by atoms with E-state index >= 15 is 0 Å². The van der Waals surface area contributed by atoms with Crippen molar-refractivity contribution in [2.24, 2.45) is 5.73 Å². The quantitative estimate of drug-likeness (QED) is 0.871. The van der Waals surface area contributed by atoms with Gasteiger partial charge in [-0.3, -0.25) is 4.90 Å². The third-order valence-electron chi connectivity index (χ3n) is 3.33. The van der Waals surface area contributed by atoms with Crippen LogP contribution >= 0.6 is 27.5 Å². The van der Waals surface area contributed by atoms with Crippen molar-refractivity contribution in [3.8, 4) is 0 Å². The van der Waals surface area contributed by atoms with Crippen LogP contribution in [0.5, 0.6) is 0 Å². The summed E-state index contributed by atoms with van der Waals surface area (Å²) >= 11 is 9.44. The summed E-state index contributed by atoms with van der Waals surface area (Å²) in [6.45, 7) is 1.43. The number of halogens is 2. The zero-order valence-electron chi connectivity index (χ0n) is 11.4. The van der Waals surface area contributed by atoms with Crippen LogP contribution in [-0.2, 0) is 6.54 Å². The molecule has 2 rings (SSSR count). The molecule has 0 heterocycles. The van der Waals surface area contributed by atoms with Gasteiger partial charge in [-0.2, -0.15) is 0 Å². The van der Waals surface area contributed by atoms with Gasteiger partial charge in [0, 0.05) is 28.6 Å². The second-order valence-electron chi connectivity index (χ2n) is 4.85. The molecule has 1 atom stereocenters. The lowest BCUT2D eigenvalue weighted by Gasteiger charge is -2.27. The van der Waals surface area contributed by atoms with Gasteiger partial charge in [0.25, 0.3) is 0 Å². The van der Waals surface area contributed by atoms with Crippen LogP contribution in [0.2, 0.25) is 5.02 Å². The molecule has 0 aliphatic heterocycles. The van der Waals surface area contributed by atoms with E-state index < -0.39 is 0 Å². The third kappa shape index (κ3) is 4.06. The standard InChI is InChI=1S/C16H18BrClN2/c1-20(11-12-3-2-4-14(17)9-12)16(10-19)13-5-7-15(18)8-6-13/h2-9,16H,10-11,19H2,1H3. The Balaban J connectivity index is 2.13. The van der Waals surface area contributed by atoms with E-state index in [0.717, 1.165) is 16.0 Å². The molecule has 0 saturated heterocycles. The molecule has 2 aromatic carbocycles. The van der Waals surface area contributed by atoms with Gasteiger partial charge < -0.3 is 5.73 Å². The van der Waals surface area contributed by atoms with Gasteiger partial charge in [0.15, 0.2) is 0 Å². The molecule has 2 nitrogen and oxygen atoms in total. The van der Waals surface area contributed by atoms with Crippen LogP contribution in [0.1, 0.15) is 17.2 Å². The first-order valence-corrected chi connectivity index (χ1v) is 7.67. The van der Waals surface area contributed by atoms with Gasteiger partial charge in [-0.1, -0.05) is 51.8 Å². The lowest BCUT2D eigenvalue weighted by Crippen LogP contribution is -2.30. The summed E-state index contributed by atoms with van der Waals surface area (Å²) in [5.74, 6) is 0. The molecule has 0 aromatic heterocycles. The molecule has 0 bridgehead atoms. The van der Waals surface area contributed by atoms with E-state index in [0.29, 0.717) is 6.54 Å². The highest BCUT2D eigenvalue weighted by atomic mass is 79.9. The van der Waals surface area contributed by atoms with Gasteiger partial charge >= 0.3 is 0 Å². The van der Waals surface area contributed by atoms with E-state index in [1.54, 1.807) is 0 Å². The molecule has 2 aromatic rings. The Morgan fingerprint density at radius 1 is 1.20 bits per heavy atom. The van der Waals surface area contributed by atoms with Gasteiger partial charge in [0.05, 0.1) is 0 Å². The van der Waals surface area contributed by atoms with Crippen LogP contribution in [0, 0.1) is 0 Å². The molecule has 0 spiro atoms. The number of likely N-dealkylation sites (N-methyl/N-ethyl adjacent to an activating group) is 1. The fraction of sp³-hybridized carbons (Fsp3) is 0.250. The Hall–Kier alpha value is -0.870. The fourth-order valence-electron chi connectivity index (χ4n) is 2.29. The highest BCUT2D eigenvalue weighted by Crippen LogP contribution is 2.23. The van der Waals surface area contributed by atoms with Gasteiger partial charge in [-0.25, -0.2) is 0 Å². The van der Waals surface area contributed by atoms with Crippen molar-refractivity contribution in [1.82, 2.24) is 4.90 Å². The Kier molecular flexibility index (Phi) is 5.61. The zero-order chi connectivity index (χ0) is 14.5. The average molecular weight is 354 g/mol. The number of nitrogens with zero attached hydrogens (tertiary/aromatic N) is 1. The van der Waals surface area contributed by atoms with Gasteiger partial charge in [-0.15, -0.1) is 0 Å². The first kappa shape index (κ1) is 15.5. The van der Waals surface area contributed by atoms with Crippen LogP contribution in [0.3, 0.4) is 0 Å². The highest BCUT2D eigenvalue weighted by molar-refractivity contribution is 9.10. The van der Waals surface area contributed by atoms with Gasteiger partial charge in [0.2, 0.25) is 0 Å². The Morgan fingerprint density at radius 3 is 2.50 bits per heavy atom. The largest absolute Gasteiger partial charge is 0.329 e. The predicted molar refractivity (Wildman–Crippen MR) is 88.9 cm³/mol. The second kappa shape index (κ2) is 7.23. The van der Waals surface area contributed by atoms with Crippen molar-refractivity contribution in [2.45, 2.75) is 12.6 Å². The van der Waals surface area contributed by atoms with Crippen molar-refractivity contribution in [2.75, 3.05) is 13.6 Å². The fourth-order valence-corrected chi connectivity index (χ4v) is 2.86. The molecular formula is C16H18BrClN2. The number of hydrogen-bond donors (Lipinski definition) is 1. The van der Waals surface area contributed by atoms with E-state index in [1.165, 1.54) is 11.1 Å². The topological polar surface area (TPSA) is 29.3 Å². The monoisotopic (exact) mass is 352 g/mol. The molecule has 2 N–H and O–H groups in total. The molecule has 1 unspecified atom stereocenters. The number of benzene rings is 2. The Bertz CT molecular complexity index is 557. The molecule has 0 aliphatic rings. The summed E-state index contributed by atoms with van der Waals surface area (Å²) in [7, 11) is 2.09. The van der Waals surface area contributed by atoms with E-state index in [2.05, 4.69) is 40.0 Å². The van der Waals surface area contributed by atoms with Gasteiger partial charge in [-0.05, 0) is 42.4 Å². The van der Waals surface area contributed by atoms with E-state index in [4.69, 9.17) is 17.3 Å². The number of rotatable bonds is 5. The minimum atomic E-state index is 0.186. The van der Waals surface area contributed by atoms with Crippen LogP contribution in [0.25, 0.3) is 0 Å². The lowest BCUT2D eigenvalue weighted by atomic mass is 10.1. The van der Waals surface area contributed by atoms with Gasteiger partial charge in [0.1, 0.15) is 0 Å².